The smallest absolute Gasteiger partial charge is 0.239 e. The lowest BCUT2D eigenvalue weighted by atomic mass is 10.1. The molecule has 0 saturated carbocycles. The van der Waals surface area contributed by atoms with Crippen molar-refractivity contribution >= 4 is 11.6 Å². The monoisotopic (exact) mass is 280 g/mol. The summed E-state index contributed by atoms with van der Waals surface area (Å²) in [6.07, 6.45) is -0.719. The van der Waals surface area contributed by atoms with E-state index in [-0.39, 0.29) is 18.2 Å². The van der Waals surface area contributed by atoms with Gasteiger partial charge in [-0.05, 0) is 18.9 Å². The van der Waals surface area contributed by atoms with E-state index in [1.807, 2.05) is 13.8 Å². The van der Waals surface area contributed by atoms with E-state index in [9.17, 15) is 15.0 Å². The highest BCUT2D eigenvalue weighted by Gasteiger charge is 2.12. The van der Waals surface area contributed by atoms with Crippen LogP contribution in [0.1, 0.15) is 32.4 Å². The molecule has 1 amide bonds. The first-order chi connectivity index (χ1) is 9.31. The fourth-order valence-electron chi connectivity index (χ4n) is 1.80. The first kappa shape index (κ1) is 16.3. The predicted molar refractivity (Wildman–Crippen MR) is 79.9 cm³/mol. The van der Waals surface area contributed by atoms with Gasteiger partial charge in [-0.1, -0.05) is 19.9 Å². The van der Waals surface area contributed by atoms with Crippen molar-refractivity contribution < 1.29 is 15.0 Å². The van der Waals surface area contributed by atoms with E-state index < -0.39 is 6.10 Å². The number of benzene rings is 1. The molecule has 0 radical (unpaired) electrons. The van der Waals surface area contributed by atoms with Gasteiger partial charge in [0.05, 0.1) is 12.6 Å². The van der Waals surface area contributed by atoms with Crippen molar-refractivity contribution in [3.05, 3.63) is 23.8 Å². The highest BCUT2D eigenvalue weighted by molar-refractivity contribution is 5.81. The number of likely N-dealkylation sites (N-methyl/N-ethyl adjacent to an activating group) is 1. The third-order valence-electron chi connectivity index (χ3n) is 2.99. The number of carbonyl (C=O) groups excluding carboxylic acids is 1. The van der Waals surface area contributed by atoms with Gasteiger partial charge in [0.2, 0.25) is 5.91 Å². The summed E-state index contributed by atoms with van der Waals surface area (Å²) in [5.74, 6) is 0.394. The molecule has 1 atom stereocenters. The van der Waals surface area contributed by atoms with Gasteiger partial charge in [-0.2, -0.15) is 0 Å². The van der Waals surface area contributed by atoms with Crippen molar-refractivity contribution in [3.63, 3.8) is 0 Å². The SMILES string of the molecule is CC(C)CNC(=O)CN(C)c1ccc(C(C)O)c(O)c1. The molecule has 0 fully saturated rings. The molecule has 0 aliphatic rings. The zero-order valence-electron chi connectivity index (χ0n) is 12.6. The molecule has 112 valence electrons. The van der Waals surface area contributed by atoms with Crippen molar-refractivity contribution in [1.29, 1.82) is 0 Å². The van der Waals surface area contributed by atoms with Gasteiger partial charge in [0.1, 0.15) is 5.75 Å². The Balaban J connectivity index is 2.66. The van der Waals surface area contributed by atoms with E-state index >= 15 is 0 Å². The number of anilines is 1. The van der Waals surface area contributed by atoms with E-state index in [0.717, 1.165) is 5.69 Å². The number of hydrogen-bond acceptors (Lipinski definition) is 4. The summed E-state index contributed by atoms with van der Waals surface area (Å²) in [5, 5.41) is 22.1. The van der Waals surface area contributed by atoms with Crippen LogP contribution in [0.5, 0.6) is 5.75 Å². The minimum absolute atomic E-state index is 0.0342. The molecular formula is C15H24N2O3. The van der Waals surface area contributed by atoms with Crippen LogP contribution in [0, 0.1) is 5.92 Å². The number of amides is 1. The standard InChI is InChI=1S/C15H24N2O3/c1-10(2)8-16-15(20)9-17(4)12-5-6-13(11(3)18)14(19)7-12/h5-7,10-11,18-19H,8-9H2,1-4H3,(H,16,20). The lowest BCUT2D eigenvalue weighted by Gasteiger charge is -2.20. The lowest BCUT2D eigenvalue weighted by Crippen LogP contribution is -2.36. The number of nitrogens with one attached hydrogen (secondary N) is 1. The van der Waals surface area contributed by atoms with Crippen LogP contribution in [0.4, 0.5) is 5.69 Å². The Bertz CT molecular complexity index is 458. The largest absolute Gasteiger partial charge is 0.507 e. The van der Waals surface area contributed by atoms with E-state index in [1.54, 1.807) is 37.1 Å². The first-order valence-corrected chi connectivity index (χ1v) is 6.80. The lowest BCUT2D eigenvalue weighted by molar-refractivity contribution is -0.119. The zero-order valence-corrected chi connectivity index (χ0v) is 12.6. The number of aromatic hydroxyl groups is 1. The zero-order chi connectivity index (χ0) is 15.3. The van der Waals surface area contributed by atoms with E-state index in [4.69, 9.17) is 0 Å². The number of aliphatic hydroxyl groups excluding tert-OH is 1. The second kappa shape index (κ2) is 7.14. The highest BCUT2D eigenvalue weighted by atomic mass is 16.3. The van der Waals surface area contributed by atoms with Crippen molar-refractivity contribution in [2.45, 2.75) is 26.9 Å². The van der Waals surface area contributed by atoms with Crippen molar-refractivity contribution in [2.75, 3.05) is 25.0 Å². The van der Waals surface area contributed by atoms with E-state index in [0.29, 0.717) is 18.0 Å². The normalized spacial score (nSPS) is 12.3. The molecule has 3 N–H and O–H groups in total. The molecule has 5 nitrogen and oxygen atoms in total. The maximum atomic E-state index is 11.7. The number of phenols is 1. The second-order valence-corrected chi connectivity index (χ2v) is 5.47. The molecule has 0 aliphatic carbocycles. The van der Waals surface area contributed by atoms with Gasteiger partial charge in [0.25, 0.3) is 0 Å². The van der Waals surface area contributed by atoms with Gasteiger partial charge in [-0.3, -0.25) is 4.79 Å². The molecule has 0 aliphatic heterocycles. The molecule has 0 spiro atoms. The van der Waals surface area contributed by atoms with Crippen LogP contribution in [-0.2, 0) is 4.79 Å². The van der Waals surface area contributed by atoms with Crippen molar-refractivity contribution in [1.82, 2.24) is 5.32 Å². The molecule has 0 heterocycles. The molecule has 1 aromatic carbocycles. The van der Waals surface area contributed by atoms with E-state index in [2.05, 4.69) is 5.32 Å². The summed E-state index contributed by atoms with van der Waals surface area (Å²) in [5.41, 5.74) is 1.21. The van der Waals surface area contributed by atoms with Crippen LogP contribution in [0.25, 0.3) is 0 Å². The summed E-state index contributed by atoms with van der Waals surface area (Å²) >= 11 is 0. The Morgan fingerprint density at radius 2 is 2.00 bits per heavy atom. The number of carbonyl (C=O) groups is 1. The summed E-state index contributed by atoms with van der Waals surface area (Å²) in [4.78, 5) is 13.5. The average Bonchev–Trinajstić information content (AvgIpc) is 2.35. The second-order valence-electron chi connectivity index (χ2n) is 5.47. The van der Waals surface area contributed by atoms with Gasteiger partial charge < -0.3 is 20.4 Å². The molecule has 20 heavy (non-hydrogen) atoms. The molecule has 1 rings (SSSR count). The first-order valence-electron chi connectivity index (χ1n) is 6.80. The highest BCUT2D eigenvalue weighted by Crippen LogP contribution is 2.28. The van der Waals surface area contributed by atoms with Crippen molar-refractivity contribution in [3.8, 4) is 5.75 Å². The number of nitrogens with zero attached hydrogens (tertiary/aromatic N) is 1. The Morgan fingerprint density at radius 3 is 2.50 bits per heavy atom. The Hall–Kier alpha value is -1.75. The van der Waals surface area contributed by atoms with Crippen LogP contribution in [0.3, 0.4) is 0 Å². The maximum absolute atomic E-state index is 11.7. The third-order valence-corrected chi connectivity index (χ3v) is 2.99. The van der Waals surface area contributed by atoms with Gasteiger partial charge in [0, 0.05) is 30.9 Å². The van der Waals surface area contributed by atoms with E-state index in [1.165, 1.54) is 0 Å². The molecule has 0 aromatic heterocycles. The topological polar surface area (TPSA) is 72.8 Å². The summed E-state index contributed by atoms with van der Waals surface area (Å²) in [6.45, 7) is 6.55. The minimum Gasteiger partial charge on any atom is -0.507 e. The summed E-state index contributed by atoms with van der Waals surface area (Å²) in [6, 6.07) is 4.99. The fourth-order valence-corrected chi connectivity index (χ4v) is 1.80. The number of rotatable bonds is 6. The van der Waals surface area contributed by atoms with Gasteiger partial charge >= 0.3 is 0 Å². The van der Waals surface area contributed by atoms with Crippen LogP contribution in [0.15, 0.2) is 18.2 Å². The third kappa shape index (κ3) is 4.74. The number of hydrogen-bond donors (Lipinski definition) is 3. The molecular weight excluding hydrogens is 256 g/mol. The Morgan fingerprint density at radius 1 is 1.35 bits per heavy atom. The molecule has 1 unspecified atom stereocenters. The molecule has 0 saturated heterocycles. The molecule has 5 heteroatoms. The summed E-state index contributed by atoms with van der Waals surface area (Å²) in [7, 11) is 1.78. The quantitative estimate of drug-likeness (QED) is 0.741. The number of phenolic OH excluding ortho intramolecular Hbond substituents is 1. The number of aliphatic hydroxyl groups is 1. The minimum atomic E-state index is -0.719. The van der Waals surface area contributed by atoms with Crippen LogP contribution in [-0.4, -0.2) is 36.3 Å². The average molecular weight is 280 g/mol. The van der Waals surface area contributed by atoms with Crippen molar-refractivity contribution in [2.24, 2.45) is 5.92 Å². The van der Waals surface area contributed by atoms with Crippen LogP contribution in [0.2, 0.25) is 0 Å². The van der Waals surface area contributed by atoms with Crippen LogP contribution >= 0.6 is 0 Å². The maximum Gasteiger partial charge on any atom is 0.239 e. The summed E-state index contributed by atoms with van der Waals surface area (Å²) < 4.78 is 0. The Kier molecular flexibility index (Phi) is 5.82. The predicted octanol–water partition coefficient (Wildman–Crippen LogP) is 1.65. The fraction of sp³-hybridized carbons (Fsp3) is 0.533. The van der Waals surface area contributed by atoms with Crippen LogP contribution < -0.4 is 10.2 Å². The molecule has 0 bridgehead atoms. The Labute approximate surface area is 120 Å². The molecule has 1 aromatic rings. The van der Waals surface area contributed by atoms with Gasteiger partial charge in [-0.25, -0.2) is 0 Å². The van der Waals surface area contributed by atoms with Gasteiger partial charge in [-0.15, -0.1) is 0 Å². The van der Waals surface area contributed by atoms with Gasteiger partial charge in [0.15, 0.2) is 0 Å².